The number of amides is 1. The van der Waals surface area contributed by atoms with Gasteiger partial charge in [-0.05, 0) is 37.5 Å². The van der Waals surface area contributed by atoms with Crippen molar-refractivity contribution in [2.75, 3.05) is 13.2 Å². The van der Waals surface area contributed by atoms with Crippen molar-refractivity contribution in [1.82, 2.24) is 5.32 Å². The average Bonchev–Trinajstić information content (AvgIpc) is 2.39. The molecule has 104 valence electrons. The minimum absolute atomic E-state index is 0.0361. The second-order valence-electron chi connectivity index (χ2n) is 4.05. The van der Waals surface area contributed by atoms with E-state index in [0.29, 0.717) is 19.6 Å². The summed E-state index contributed by atoms with van der Waals surface area (Å²) in [4.78, 5) is 21.4. The van der Waals surface area contributed by atoms with E-state index in [4.69, 9.17) is 4.74 Å². The minimum atomic E-state index is -1.21. The van der Waals surface area contributed by atoms with Crippen LogP contribution in [0.2, 0.25) is 0 Å². The van der Waals surface area contributed by atoms with Crippen LogP contribution in [0.15, 0.2) is 24.3 Å². The molecule has 0 radical (unpaired) electrons. The van der Waals surface area contributed by atoms with Crippen molar-refractivity contribution in [2.24, 2.45) is 0 Å². The number of benzene rings is 1. The van der Waals surface area contributed by atoms with Gasteiger partial charge in [0.05, 0.1) is 6.61 Å². The van der Waals surface area contributed by atoms with E-state index in [0.717, 1.165) is 11.3 Å². The van der Waals surface area contributed by atoms with E-state index in [1.54, 1.807) is 0 Å². The van der Waals surface area contributed by atoms with Crippen LogP contribution in [0.4, 0.5) is 0 Å². The Balaban J connectivity index is 2.25. The molecule has 0 saturated carbocycles. The number of ether oxygens (including phenoxy) is 1. The van der Waals surface area contributed by atoms with Gasteiger partial charge in [0.1, 0.15) is 5.75 Å². The molecule has 0 heterocycles. The Morgan fingerprint density at radius 3 is 2.47 bits per heavy atom. The van der Waals surface area contributed by atoms with E-state index in [1.165, 1.54) is 0 Å². The van der Waals surface area contributed by atoms with E-state index in [1.807, 2.05) is 31.2 Å². The number of carboxylic acid groups (broad SMARTS) is 1. The first-order chi connectivity index (χ1) is 9.11. The zero-order valence-corrected chi connectivity index (χ0v) is 11.0. The maximum atomic E-state index is 11.3. The number of carbonyl (C=O) groups is 2. The molecule has 5 heteroatoms. The smallest absolute Gasteiger partial charge is 0.220 e. The van der Waals surface area contributed by atoms with Crippen LogP contribution in [0.5, 0.6) is 5.75 Å². The SMILES string of the molecule is CCOc1ccc(CCNC(=O)CCC(=O)[O-])cc1. The van der Waals surface area contributed by atoms with Crippen molar-refractivity contribution in [2.45, 2.75) is 26.2 Å². The lowest BCUT2D eigenvalue weighted by molar-refractivity contribution is -0.305. The Morgan fingerprint density at radius 2 is 1.89 bits per heavy atom. The summed E-state index contributed by atoms with van der Waals surface area (Å²) in [6.45, 7) is 3.05. The number of hydrogen-bond acceptors (Lipinski definition) is 4. The first kappa shape index (κ1) is 15.0. The summed E-state index contributed by atoms with van der Waals surface area (Å²) in [5, 5.41) is 12.8. The van der Waals surface area contributed by atoms with E-state index >= 15 is 0 Å². The van der Waals surface area contributed by atoms with Crippen molar-refractivity contribution in [3.8, 4) is 5.75 Å². The Kier molecular flexibility index (Phi) is 6.43. The van der Waals surface area contributed by atoms with Crippen LogP contribution in [0.25, 0.3) is 0 Å². The second kappa shape index (κ2) is 8.13. The normalized spacial score (nSPS) is 9.95. The molecule has 0 saturated heterocycles. The molecule has 0 atom stereocenters. The Labute approximate surface area is 112 Å². The van der Waals surface area contributed by atoms with Gasteiger partial charge in [-0.25, -0.2) is 0 Å². The lowest BCUT2D eigenvalue weighted by atomic mass is 10.1. The molecular formula is C14H18NO4-. The third-order valence-electron chi connectivity index (χ3n) is 2.53. The molecule has 0 aliphatic carbocycles. The largest absolute Gasteiger partial charge is 0.550 e. The molecule has 1 N–H and O–H groups in total. The van der Waals surface area contributed by atoms with Crippen molar-refractivity contribution >= 4 is 11.9 Å². The van der Waals surface area contributed by atoms with Gasteiger partial charge in [-0.15, -0.1) is 0 Å². The molecule has 1 aromatic rings. The van der Waals surface area contributed by atoms with Gasteiger partial charge in [0.15, 0.2) is 0 Å². The monoisotopic (exact) mass is 264 g/mol. The fourth-order valence-corrected chi connectivity index (χ4v) is 1.57. The van der Waals surface area contributed by atoms with Crippen molar-refractivity contribution in [1.29, 1.82) is 0 Å². The van der Waals surface area contributed by atoms with Crippen LogP contribution in [0.3, 0.4) is 0 Å². The second-order valence-corrected chi connectivity index (χ2v) is 4.05. The highest BCUT2D eigenvalue weighted by Crippen LogP contribution is 2.12. The molecule has 1 amide bonds. The molecule has 1 aromatic carbocycles. The lowest BCUT2D eigenvalue weighted by Gasteiger charge is -2.07. The molecule has 0 bridgehead atoms. The molecule has 5 nitrogen and oxygen atoms in total. The van der Waals surface area contributed by atoms with E-state index in [2.05, 4.69) is 5.32 Å². The van der Waals surface area contributed by atoms with Crippen LogP contribution in [0.1, 0.15) is 25.3 Å². The summed E-state index contributed by atoms with van der Waals surface area (Å²) >= 11 is 0. The fourth-order valence-electron chi connectivity index (χ4n) is 1.57. The molecule has 0 aliphatic heterocycles. The van der Waals surface area contributed by atoms with Crippen LogP contribution in [-0.4, -0.2) is 25.0 Å². The third kappa shape index (κ3) is 6.45. The van der Waals surface area contributed by atoms with Crippen molar-refractivity contribution in [3.05, 3.63) is 29.8 Å². The summed E-state index contributed by atoms with van der Waals surface area (Å²) in [6.07, 6.45) is 0.421. The van der Waals surface area contributed by atoms with Crippen LogP contribution in [0, 0.1) is 0 Å². The summed E-state index contributed by atoms with van der Waals surface area (Å²) < 4.78 is 5.33. The van der Waals surface area contributed by atoms with E-state index < -0.39 is 5.97 Å². The molecule has 1 rings (SSSR count). The van der Waals surface area contributed by atoms with Gasteiger partial charge in [0, 0.05) is 18.9 Å². The molecule has 19 heavy (non-hydrogen) atoms. The highest BCUT2D eigenvalue weighted by atomic mass is 16.5. The number of carbonyl (C=O) groups excluding carboxylic acids is 2. The Hall–Kier alpha value is -2.04. The van der Waals surface area contributed by atoms with Gasteiger partial charge in [0.2, 0.25) is 5.91 Å². The van der Waals surface area contributed by atoms with E-state index in [-0.39, 0.29) is 18.7 Å². The van der Waals surface area contributed by atoms with Gasteiger partial charge in [-0.1, -0.05) is 12.1 Å². The molecule has 0 aromatic heterocycles. The van der Waals surface area contributed by atoms with Crippen LogP contribution < -0.4 is 15.2 Å². The third-order valence-corrected chi connectivity index (χ3v) is 2.53. The summed E-state index contributed by atoms with van der Waals surface area (Å²) in [5.74, 6) is -0.652. The van der Waals surface area contributed by atoms with Gasteiger partial charge in [-0.3, -0.25) is 4.79 Å². The maximum absolute atomic E-state index is 11.3. The Bertz CT molecular complexity index is 414. The quantitative estimate of drug-likeness (QED) is 0.731. The predicted molar refractivity (Wildman–Crippen MR) is 68.6 cm³/mol. The zero-order valence-electron chi connectivity index (χ0n) is 11.0. The predicted octanol–water partition coefficient (Wildman–Crippen LogP) is 0.274. The first-order valence-electron chi connectivity index (χ1n) is 6.30. The highest BCUT2D eigenvalue weighted by molar-refractivity contribution is 5.79. The number of hydrogen-bond donors (Lipinski definition) is 1. The summed E-state index contributed by atoms with van der Waals surface area (Å²) in [5.41, 5.74) is 1.09. The van der Waals surface area contributed by atoms with Crippen molar-refractivity contribution < 1.29 is 19.4 Å². The summed E-state index contributed by atoms with van der Waals surface area (Å²) in [6, 6.07) is 7.66. The fraction of sp³-hybridized carbons (Fsp3) is 0.429. The zero-order chi connectivity index (χ0) is 14.1. The van der Waals surface area contributed by atoms with Gasteiger partial charge >= 0.3 is 0 Å². The van der Waals surface area contributed by atoms with Gasteiger partial charge in [0.25, 0.3) is 0 Å². The first-order valence-corrected chi connectivity index (χ1v) is 6.30. The van der Waals surface area contributed by atoms with Crippen LogP contribution >= 0.6 is 0 Å². The molecule has 0 fully saturated rings. The maximum Gasteiger partial charge on any atom is 0.220 e. The minimum Gasteiger partial charge on any atom is -0.550 e. The average molecular weight is 264 g/mol. The standard InChI is InChI=1S/C14H19NO4/c1-2-19-12-5-3-11(4-6-12)9-10-15-13(16)7-8-14(17)18/h3-6H,2,7-10H2,1H3,(H,15,16)(H,17,18)/p-1. The summed E-state index contributed by atoms with van der Waals surface area (Å²) in [7, 11) is 0. The molecule has 0 spiro atoms. The lowest BCUT2D eigenvalue weighted by Crippen LogP contribution is -2.29. The van der Waals surface area contributed by atoms with Gasteiger partial charge < -0.3 is 20.0 Å². The number of carboxylic acids is 1. The molecule has 0 unspecified atom stereocenters. The topological polar surface area (TPSA) is 78.5 Å². The molecule has 0 aliphatic rings. The molecular weight excluding hydrogens is 246 g/mol. The van der Waals surface area contributed by atoms with Gasteiger partial charge in [-0.2, -0.15) is 0 Å². The van der Waals surface area contributed by atoms with E-state index in [9.17, 15) is 14.7 Å². The number of nitrogens with one attached hydrogen (secondary N) is 1. The number of rotatable bonds is 8. The number of aliphatic carboxylic acids is 1. The van der Waals surface area contributed by atoms with Crippen molar-refractivity contribution in [3.63, 3.8) is 0 Å². The highest BCUT2D eigenvalue weighted by Gasteiger charge is 2.01. The Morgan fingerprint density at radius 1 is 1.21 bits per heavy atom. The van der Waals surface area contributed by atoms with Crippen LogP contribution in [-0.2, 0) is 16.0 Å².